The summed E-state index contributed by atoms with van der Waals surface area (Å²) in [6.45, 7) is 7.52. The number of nitrogens with two attached hydrogens (primary N) is 1. The van der Waals surface area contributed by atoms with E-state index in [1.165, 1.54) is 6.42 Å². The first kappa shape index (κ1) is 11.0. The van der Waals surface area contributed by atoms with Crippen molar-refractivity contribution >= 4 is 0 Å². The molecule has 3 heteroatoms. The van der Waals surface area contributed by atoms with Gasteiger partial charge in [-0.15, -0.1) is 0 Å². The highest BCUT2D eigenvalue weighted by atomic mass is 16.3. The van der Waals surface area contributed by atoms with Crippen LogP contribution < -0.4 is 5.73 Å². The minimum absolute atomic E-state index is 0.176. The number of piperidine rings is 1. The Morgan fingerprint density at radius 1 is 1.46 bits per heavy atom. The Bertz CT molecular complexity index is 148. The first-order valence-corrected chi connectivity index (χ1v) is 5.24. The van der Waals surface area contributed by atoms with Gasteiger partial charge in [0.25, 0.3) is 0 Å². The second-order valence-corrected chi connectivity index (χ2v) is 4.31. The zero-order valence-corrected chi connectivity index (χ0v) is 8.74. The van der Waals surface area contributed by atoms with E-state index < -0.39 is 0 Å². The number of aliphatic hydroxyl groups excluding tert-OH is 1. The van der Waals surface area contributed by atoms with Crippen LogP contribution in [0.2, 0.25) is 0 Å². The summed E-state index contributed by atoms with van der Waals surface area (Å²) in [6.07, 6.45) is 1.23. The number of aliphatic hydroxyl groups is 1. The molecule has 0 bridgehead atoms. The van der Waals surface area contributed by atoms with Crippen LogP contribution in [0, 0.1) is 11.8 Å². The van der Waals surface area contributed by atoms with Crippen molar-refractivity contribution in [2.75, 3.05) is 26.2 Å². The van der Waals surface area contributed by atoms with Crippen LogP contribution in [-0.4, -0.2) is 42.3 Å². The molecule has 3 N–H and O–H groups in total. The van der Waals surface area contributed by atoms with Crippen molar-refractivity contribution in [2.45, 2.75) is 26.3 Å². The van der Waals surface area contributed by atoms with Crippen molar-refractivity contribution in [2.24, 2.45) is 17.6 Å². The maximum atomic E-state index is 9.11. The van der Waals surface area contributed by atoms with Crippen molar-refractivity contribution in [3.63, 3.8) is 0 Å². The lowest BCUT2D eigenvalue weighted by atomic mass is 9.88. The van der Waals surface area contributed by atoms with Gasteiger partial charge in [-0.25, -0.2) is 0 Å². The summed E-state index contributed by atoms with van der Waals surface area (Å²) in [5, 5.41) is 9.11. The van der Waals surface area contributed by atoms with Crippen LogP contribution in [0.5, 0.6) is 0 Å². The van der Waals surface area contributed by atoms with Gasteiger partial charge in [-0.3, -0.25) is 4.90 Å². The van der Waals surface area contributed by atoms with Gasteiger partial charge in [-0.2, -0.15) is 0 Å². The average Bonchev–Trinajstić information content (AvgIpc) is 2.13. The fourth-order valence-corrected chi connectivity index (χ4v) is 1.97. The molecule has 0 amide bonds. The molecular weight excluding hydrogens is 164 g/mol. The fourth-order valence-electron chi connectivity index (χ4n) is 1.97. The summed E-state index contributed by atoms with van der Waals surface area (Å²) in [4.78, 5) is 2.32. The quantitative estimate of drug-likeness (QED) is 0.666. The predicted octanol–water partition coefficient (Wildman–Crippen LogP) is 0.284. The topological polar surface area (TPSA) is 49.5 Å². The second kappa shape index (κ2) is 4.94. The van der Waals surface area contributed by atoms with Crippen molar-refractivity contribution < 1.29 is 5.11 Å². The van der Waals surface area contributed by atoms with Gasteiger partial charge in [0, 0.05) is 19.1 Å². The zero-order valence-electron chi connectivity index (χ0n) is 8.74. The fraction of sp³-hybridized carbons (Fsp3) is 1.00. The SMILES string of the molecule is CC1CCN(C(CN)CO)CC1C. The third-order valence-electron chi connectivity index (χ3n) is 3.36. The minimum Gasteiger partial charge on any atom is -0.395 e. The molecule has 3 unspecified atom stereocenters. The molecule has 78 valence electrons. The summed E-state index contributed by atoms with van der Waals surface area (Å²) in [5.74, 6) is 1.54. The van der Waals surface area contributed by atoms with E-state index in [1.807, 2.05) is 0 Å². The summed E-state index contributed by atoms with van der Waals surface area (Å²) in [7, 11) is 0. The number of likely N-dealkylation sites (tertiary alicyclic amines) is 1. The first-order chi connectivity index (χ1) is 6.19. The van der Waals surface area contributed by atoms with Gasteiger partial charge in [0.15, 0.2) is 0 Å². The van der Waals surface area contributed by atoms with Crippen LogP contribution in [0.3, 0.4) is 0 Å². The second-order valence-electron chi connectivity index (χ2n) is 4.31. The van der Waals surface area contributed by atoms with Crippen LogP contribution >= 0.6 is 0 Å². The van der Waals surface area contributed by atoms with E-state index in [0.29, 0.717) is 6.54 Å². The van der Waals surface area contributed by atoms with E-state index in [4.69, 9.17) is 10.8 Å². The molecule has 3 nitrogen and oxygen atoms in total. The summed E-state index contributed by atoms with van der Waals surface area (Å²) < 4.78 is 0. The zero-order chi connectivity index (χ0) is 9.84. The predicted molar refractivity (Wildman–Crippen MR) is 54.4 cm³/mol. The molecule has 1 heterocycles. The third kappa shape index (κ3) is 2.66. The van der Waals surface area contributed by atoms with Gasteiger partial charge in [-0.1, -0.05) is 13.8 Å². The van der Waals surface area contributed by atoms with Gasteiger partial charge in [0.05, 0.1) is 6.61 Å². The largest absolute Gasteiger partial charge is 0.395 e. The van der Waals surface area contributed by atoms with Gasteiger partial charge >= 0.3 is 0 Å². The van der Waals surface area contributed by atoms with Gasteiger partial charge in [0.1, 0.15) is 0 Å². The molecule has 13 heavy (non-hydrogen) atoms. The van der Waals surface area contributed by atoms with Crippen LogP contribution in [0.4, 0.5) is 0 Å². The molecule has 1 fully saturated rings. The van der Waals surface area contributed by atoms with E-state index >= 15 is 0 Å². The Balaban J connectivity index is 2.44. The third-order valence-corrected chi connectivity index (χ3v) is 3.36. The van der Waals surface area contributed by atoms with Crippen molar-refractivity contribution in [3.05, 3.63) is 0 Å². The van der Waals surface area contributed by atoms with E-state index in [9.17, 15) is 0 Å². The summed E-state index contributed by atoms with van der Waals surface area (Å²) in [6, 6.07) is 0.176. The van der Waals surface area contributed by atoms with E-state index in [2.05, 4.69) is 18.7 Å². The normalized spacial score (nSPS) is 33.2. The number of nitrogens with zero attached hydrogens (tertiary/aromatic N) is 1. The molecule has 0 radical (unpaired) electrons. The highest BCUT2D eigenvalue weighted by molar-refractivity contribution is 4.80. The minimum atomic E-state index is 0.176. The standard InChI is InChI=1S/C10H22N2O/c1-8-3-4-12(6-9(8)2)10(5-11)7-13/h8-10,13H,3-7,11H2,1-2H3. The molecular formula is C10H22N2O. The first-order valence-electron chi connectivity index (χ1n) is 5.24. The lowest BCUT2D eigenvalue weighted by molar-refractivity contribution is 0.0661. The molecule has 0 saturated carbocycles. The Labute approximate surface area is 80.9 Å². The Morgan fingerprint density at radius 3 is 2.62 bits per heavy atom. The average molecular weight is 186 g/mol. The molecule has 1 rings (SSSR count). The molecule has 1 saturated heterocycles. The van der Waals surface area contributed by atoms with Crippen LogP contribution in [-0.2, 0) is 0 Å². The molecule has 0 aromatic heterocycles. The highest BCUT2D eigenvalue weighted by Crippen LogP contribution is 2.23. The van der Waals surface area contributed by atoms with Gasteiger partial charge < -0.3 is 10.8 Å². The van der Waals surface area contributed by atoms with Crippen molar-refractivity contribution in [1.82, 2.24) is 4.90 Å². The molecule has 0 aromatic rings. The Kier molecular flexibility index (Phi) is 4.16. The van der Waals surface area contributed by atoms with Gasteiger partial charge in [0.2, 0.25) is 0 Å². The molecule has 1 aliphatic rings. The molecule has 1 aliphatic heterocycles. The maximum Gasteiger partial charge on any atom is 0.0599 e. The van der Waals surface area contributed by atoms with Crippen molar-refractivity contribution in [3.8, 4) is 0 Å². The monoisotopic (exact) mass is 186 g/mol. The number of hydrogen-bond donors (Lipinski definition) is 2. The number of hydrogen-bond acceptors (Lipinski definition) is 3. The maximum absolute atomic E-state index is 9.11. The molecule has 0 spiro atoms. The number of rotatable bonds is 3. The van der Waals surface area contributed by atoms with Crippen LogP contribution in [0.1, 0.15) is 20.3 Å². The lowest BCUT2D eigenvalue weighted by Gasteiger charge is -2.39. The van der Waals surface area contributed by atoms with Crippen molar-refractivity contribution in [1.29, 1.82) is 0 Å². The molecule has 0 aromatic carbocycles. The molecule has 3 atom stereocenters. The smallest absolute Gasteiger partial charge is 0.0599 e. The van der Waals surface area contributed by atoms with Crippen LogP contribution in [0.25, 0.3) is 0 Å². The Morgan fingerprint density at radius 2 is 2.15 bits per heavy atom. The highest BCUT2D eigenvalue weighted by Gasteiger charge is 2.26. The van der Waals surface area contributed by atoms with Gasteiger partial charge in [-0.05, 0) is 24.8 Å². The van der Waals surface area contributed by atoms with E-state index in [0.717, 1.165) is 24.9 Å². The molecule has 0 aliphatic carbocycles. The Hall–Kier alpha value is -0.120. The summed E-state index contributed by atoms with van der Waals surface area (Å²) >= 11 is 0. The van der Waals surface area contributed by atoms with E-state index in [-0.39, 0.29) is 12.6 Å². The lowest BCUT2D eigenvalue weighted by Crippen LogP contribution is -2.49. The van der Waals surface area contributed by atoms with Crippen LogP contribution in [0.15, 0.2) is 0 Å². The van der Waals surface area contributed by atoms with E-state index in [1.54, 1.807) is 0 Å². The summed E-state index contributed by atoms with van der Waals surface area (Å²) in [5.41, 5.74) is 5.59.